The molecule has 0 N–H and O–H groups in total. The SMILES string of the molecule is [2H]c1cc(-c2nc([2H])c(C([2H])([2H])[2H])c(C)c2[2H])c([2H])c([2H])c1C([2H])([2H])[2H]. The summed E-state index contributed by atoms with van der Waals surface area (Å²) in [5, 5.41) is 0. The van der Waals surface area contributed by atoms with E-state index in [-0.39, 0.29) is 28.4 Å². The normalized spacial score (nSPS) is 22.6. The van der Waals surface area contributed by atoms with Crippen LogP contribution in [-0.4, -0.2) is 4.98 Å². The summed E-state index contributed by atoms with van der Waals surface area (Å²) in [5.41, 5.74) is -1.37. The minimum Gasteiger partial charge on any atom is -0.256 e. The summed E-state index contributed by atoms with van der Waals surface area (Å²) in [6, 6.07) is -1.07. The molecule has 0 aliphatic rings. The molecule has 0 aliphatic heterocycles. The molecule has 2 aromatic rings. The molecule has 0 unspecified atom stereocenters. The van der Waals surface area contributed by atoms with Gasteiger partial charge in [0, 0.05) is 20.0 Å². The van der Waals surface area contributed by atoms with E-state index in [1.165, 1.54) is 6.92 Å². The van der Waals surface area contributed by atoms with Crippen LogP contribution in [0.2, 0.25) is 0 Å². The first-order valence-corrected chi connectivity index (χ1v) is 4.27. The van der Waals surface area contributed by atoms with E-state index in [9.17, 15) is 0 Å². The zero-order chi connectivity index (χ0) is 20.2. The van der Waals surface area contributed by atoms with Crippen molar-refractivity contribution < 1.29 is 15.1 Å². The lowest BCUT2D eigenvalue weighted by atomic mass is 10.1. The second-order valence-corrected chi connectivity index (χ2v) is 3.02. The van der Waals surface area contributed by atoms with Gasteiger partial charge >= 0.3 is 0 Å². The Morgan fingerprint density at radius 3 is 2.93 bits per heavy atom. The van der Waals surface area contributed by atoms with Gasteiger partial charge < -0.3 is 0 Å². The first-order valence-electron chi connectivity index (χ1n) is 9.77. The Kier molecular flexibility index (Phi) is 0.817. The van der Waals surface area contributed by atoms with Crippen molar-refractivity contribution in [1.29, 1.82) is 0 Å². The smallest absolute Gasteiger partial charge is 0.0843 e. The van der Waals surface area contributed by atoms with Crippen LogP contribution in [0.25, 0.3) is 11.3 Å². The lowest BCUT2D eigenvalue weighted by molar-refractivity contribution is 1.22. The molecule has 1 aromatic carbocycles. The third-order valence-corrected chi connectivity index (χ3v) is 1.90. The van der Waals surface area contributed by atoms with Crippen LogP contribution in [0, 0.1) is 20.6 Å². The summed E-state index contributed by atoms with van der Waals surface area (Å²) in [6.45, 7) is -4.04. The predicted octanol–water partition coefficient (Wildman–Crippen LogP) is 3.67. The van der Waals surface area contributed by atoms with Gasteiger partial charge in [0.15, 0.2) is 0 Å². The van der Waals surface area contributed by atoms with Gasteiger partial charge in [-0.2, -0.15) is 0 Å². The fourth-order valence-electron chi connectivity index (χ4n) is 1.07. The minimum atomic E-state index is -2.75. The molecule has 0 amide bonds. The van der Waals surface area contributed by atoms with Gasteiger partial charge in [0.2, 0.25) is 0 Å². The molecule has 1 heterocycles. The molecular formula is C14H15N. The zero-order valence-electron chi connectivity index (χ0n) is 19.0. The lowest BCUT2D eigenvalue weighted by Gasteiger charge is -2.04. The highest BCUT2D eigenvalue weighted by Crippen LogP contribution is 2.19. The molecule has 0 atom stereocenters. The molecule has 15 heavy (non-hydrogen) atoms. The number of nitrogens with zero attached hydrogens (tertiary/aromatic N) is 1. The van der Waals surface area contributed by atoms with E-state index in [0.717, 1.165) is 6.07 Å². The maximum Gasteiger partial charge on any atom is 0.0843 e. The summed E-state index contributed by atoms with van der Waals surface area (Å²) >= 11 is 0. The van der Waals surface area contributed by atoms with Gasteiger partial charge in [-0.15, -0.1) is 0 Å². The van der Waals surface area contributed by atoms with E-state index in [0.29, 0.717) is 0 Å². The van der Waals surface area contributed by atoms with E-state index < -0.39 is 43.6 Å². The topological polar surface area (TPSA) is 12.9 Å². The quantitative estimate of drug-likeness (QED) is 0.696. The van der Waals surface area contributed by atoms with E-state index in [4.69, 9.17) is 15.1 Å². The van der Waals surface area contributed by atoms with Crippen molar-refractivity contribution in [2.24, 2.45) is 0 Å². The minimum absolute atomic E-state index is 0.0163. The van der Waals surface area contributed by atoms with Crippen LogP contribution in [0.15, 0.2) is 36.4 Å². The van der Waals surface area contributed by atoms with Gasteiger partial charge in [-0.25, -0.2) is 0 Å². The number of hydrogen-bond donors (Lipinski definition) is 0. The van der Waals surface area contributed by atoms with Crippen LogP contribution in [-0.2, 0) is 0 Å². The number of pyridine rings is 1. The van der Waals surface area contributed by atoms with Crippen molar-refractivity contribution >= 4 is 0 Å². The highest BCUT2D eigenvalue weighted by molar-refractivity contribution is 5.60. The first-order chi connectivity index (χ1) is 11.7. The third-order valence-electron chi connectivity index (χ3n) is 1.90. The highest BCUT2D eigenvalue weighted by atomic mass is 14.7. The molecule has 0 fully saturated rings. The molecule has 76 valence electrons. The number of benzene rings is 1. The van der Waals surface area contributed by atoms with Crippen molar-refractivity contribution in [2.75, 3.05) is 0 Å². The molecule has 0 radical (unpaired) electrons. The zero-order valence-corrected chi connectivity index (χ0v) is 8.02. The van der Waals surface area contributed by atoms with E-state index >= 15 is 0 Å². The van der Waals surface area contributed by atoms with Gasteiger partial charge in [-0.1, -0.05) is 29.8 Å². The Morgan fingerprint density at radius 1 is 1.20 bits per heavy atom. The number of aromatic nitrogens is 1. The average Bonchev–Trinajstić information content (AvgIpc) is 2.44. The van der Waals surface area contributed by atoms with E-state index in [2.05, 4.69) is 4.98 Å². The standard InChI is InChI=1S/C14H15N/c1-10-4-6-13(7-5-10)14-8-11(2)12(3)9-15-14/h4-9H,1-3H3/i1D3,3D3,4D,5D,6D,8D,9D. The van der Waals surface area contributed by atoms with E-state index in [1.807, 2.05) is 0 Å². The monoisotopic (exact) mass is 208 g/mol. The second kappa shape index (κ2) is 3.85. The van der Waals surface area contributed by atoms with Crippen molar-refractivity contribution in [2.45, 2.75) is 20.6 Å². The fraction of sp³-hybridized carbons (Fsp3) is 0.214. The van der Waals surface area contributed by atoms with Crippen molar-refractivity contribution in [3.8, 4) is 11.3 Å². The maximum atomic E-state index is 8.15. The van der Waals surface area contributed by atoms with Crippen molar-refractivity contribution in [1.82, 2.24) is 4.98 Å². The summed E-state index contributed by atoms with van der Waals surface area (Å²) < 4.78 is 84.5. The Morgan fingerprint density at radius 2 is 2.13 bits per heavy atom. The second-order valence-electron chi connectivity index (χ2n) is 3.02. The summed E-state index contributed by atoms with van der Waals surface area (Å²) in [5.74, 6) is 0. The summed E-state index contributed by atoms with van der Waals surface area (Å²) in [7, 11) is 0. The van der Waals surface area contributed by atoms with Crippen molar-refractivity contribution in [3.63, 3.8) is 0 Å². The van der Waals surface area contributed by atoms with Crippen LogP contribution in [0.5, 0.6) is 0 Å². The molecule has 0 spiro atoms. The molecule has 0 saturated heterocycles. The molecule has 0 saturated carbocycles. The van der Waals surface area contributed by atoms with E-state index in [1.54, 1.807) is 0 Å². The Hall–Kier alpha value is -1.63. The fourth-order valence-corrected chi connectivity index (χ4v) is 1.07. The predicted molar refractivity (Wildman–Crippen MR) is 63.9 cm³/mol. The Labute approximate surface area is 106 Å². The molecule has 0 aliphatic carbocycles. The van der Waals surface area contributed by atoms with Gasteiger partial charge in [-0.3, -0.25) is 4.98 Å². The molecule has 1 heteroatoms. The molecule has 1 nitrogen and oxygen atoms in total. The van der Waals surface area contributed by atoms with Crippen molar-refractivity contribution in [3.05, 3.63) is 53.1 Å². The molecular weight excluding hydrogens is 182 g/mol. The molecule has 0 bridgehead atoms. The largest absolute Gasteiger partial charge is 0.256 e. The number of hydrogen-bond acceptors (Lipinski definition) is 1. The number of rotatable bonds is 1. The van der Waals surface area contributed by atoms with Crippen LogP contribution < -0.4 is 0 Å². The van der Waals surface area contributed by atoms with Gasteiger partial charge in [0.25, 0.3) is 0 Å². The van der Waals surface area contributed by atoms with Crippen LogP contribution in [0.3, 0.4) is 0 Å². The average molecular weight is 208 g/mol. The van der Waals surface area contributed by atoms with Crippen LogP contribution in [0.4, 0.5) is 0 Å². The van der Waals surface area contributed by atoms with Gasteiger partial charge in [0.05, 0.1) is 12.5 Å². The lowest BCUT2D eigenvalue weighted by Crippen LogP contribution is -1.88. The Balaban J connectivity index is 2.83. The molecule has 2 rings (SSSR count). The molecule has 1 aromatic heterocycles. The van der Waals surface area contributed by atoms with Gasteiger partial charge in [0.1, 0.15) is 0 Å². The summed E-state index contributed by atoms with van der Waals surface area (Å²) in [6.07, 6.45) is -0.592. The first kappa shape index (κ1) is 3.18. The highest BCUT2D eigenvalue weighted by Gasteiger charge is 2.00. The third kappa shape index (κ3) is 2.07. The van der Waals surface area contributed by atoms with Crippen LogP contribution in [0.1, 0.15) is 31.8 Å². The summed E-state index contributed by atoms with van der Waals surface area (Å²) in [4.78, 5) is 3.80. The Bertz CT molecular complexity index is 807. The van der Waals surface area contributed by atoms with Crippen LogP contribution >= 0.6 is 0 Å². The van der Waals surface area contributed by atoms with Gasteiger partial charge in [-0.05, 0) is 37.8 Å². The maximum absolute atomic E-state index is 8.15.